The molecule has 0 radical (unpaired) electrons. The lowest BCUT2D eigenvalue weighted by Crippen LogP contribution is -2.07. The van der Waals surface area contributed by atoms with Crippen LogP contribution in [-0.4, -0.2) is 5.11 Å². The van der Waals surface area contributed by atoms with Gasteiger partial charge in [0.2, 0.25) is 0 Å². The monoisotopic (exact) mass is 284 g/mol. The smallest absolute Gasteiger partial charge is 0.120 e. The Morgan fingerprint density at radius 2 is 1.67 bits per heavy atom. The Labute approximate surface area is 127 Å². The van der Waals surface area contributed by atoms with Crippen LogP contribution in [0, 0.1) is 19.8 Å². The molecule has 2 aromatic carbocycles. The van der Waals surface area contributed by atoms with Gasteiger partial charge in [0.15, 0.2) is 0 Å². The van der Waals surface area contributed by atoms with Crippen molar-refractivity contribution in [2.75, 3.05) is 0 Å². The summed E-state index contributed by atoms with van der Waals surface area (Å²) < 4.78 is 5.83. The number of hydrogen-bond acceptors (Lipinski definition) is 2. The summed E-state index contributed by atoms with van der Waals surface area (Å²) in [6, 6.07) is 14.2. The van der Waals surface area contributed by atoms with E-state index in [4.69, 9.17) is 4.74 Å². The first-order valence-electron chi connectivity index (χ1n) is 7.44. The van der Waals surface area contributed by atoms with Crippen molar-refractivity contribution in [3.05, 3.63) is 64.7 Å². The Morgan fingerprint density at radius 1 is 1.00 bits per heavy atom. The molecule has 0 spiro atoms. The van der Waals surface area contributed by atoms with Gasteiger partial charge >= 0.3 is 0 Å². The van der Waals surface area contributed by atoms with Crippen molar-refractivity contribution in [1.82, 2.24) is 0 Å². The minimum Gasteiger partial charge on any atom is -0.489 e. The molecule has 0 aromatic heterocycles. The summed E-state index contributed by atoms with van der Waals surface area (Å²) in [5, 5.41) is 10.2. The van der Waals surface area contributed by atoms with Crippen molar-refractivity contribution in [2.24, 2.45) is 5.92 Å². The van der Waals surface area contributed by atoms with E-state index in [0.29, 0.717) is 6.61 Å². The Bertz CT molecular complexity index is 585. The fourth-order valence-corrected chi connectivity index (χ4v) is 2.28. The van der Waals surface area contributed by atoms with E-state index in [0.717, 1.165) is 22.4 Å². The Morgan fingerprint density at radius 3 is 2.24 bits per heavy atom. The number of rotatable bonds is 5. The number of aliphatic hydroxyl groups is 1. The number of benzene rings is 2. The second-order valence-corrected chi connectivity index (χ2v) is 5.98. The second-order valence-electron chi connectivity index (χ2n) is 5.98. The van der Waals surface area contributed by atoms with E-state index in [9.17, 15) is 5.11 Å². The summed E-state index contributed by atoms with van der Waals surface area (Å²) in [7, 11) is 0. The normalized spacial score (nSPS) is 12.5. The molecule has 0 fully saturated rings. The van der Waals surface area contributed by atoms with Crippen LogP contribution >= 0.6 is 0 Å². The van der Waals surface area contributed by atoms with Gasteiger partial charge < -0.3 is 9.84 Å². The zero-order chi connectivity index (χ0) is 15.4. The molecule has 0 bridgehead atoms. The summed E-state index contributed by atoms with van der Waals surface area (Å²) in [6.07, 6.45) is -0.420. The molecule has 0 aliphatic carbocycles. The maximum absolute atomic E-state index is 10.2. The molecular formula is C19H24O2. The molecule has 1 unspecified atom stereocenters. The largest absolute Gasteiger partial charge is 0.489 e. The van der Waals surface area contributed by atoms with Gasteiger partial charge in [-0.25, -0.2) is 0 Å². The lowest BCUT2D eigenvalue weighted by molar-refractivity contribution is 0.126. The predicted octanol–water partition coefficient (Wildman–Crippen LogP) is 4.57. The highest BCUT2D eigenvalue weighted by Gasteiger charge is 2.14. The molecule has 1 N–H and O–H groups in total. The van der Waals surface area contributed by atoms with Gasteiger partial charge in [0.1, 0.15) is 12.4 Å². The Kier molecular flexibility index (Phi) is 5.03. The third-order valence-electron chi connectivity index (χ3n) is 3.72. The van der Waals surface area contributed by atoms with Crippen LogP contribution in [0.25, 0.3) is 0 Å². The van der Waals surface area contributed by atoms with Crippen molar-refractivity contribution in [3.63, 3.8) is 0 Å². The third-order valence-corrected chi connectivity index (χ3v) is 3.72. The molecule has 2 nitrogen and oxygen atoms in total. The van der Waals surface area contributed by atoms with Crippen LogP contribution in [-0.2, 0) is 6.61 Å². The van der Waals surface area contributed by atoms with Crippen LogP contribution in [0.5, 0.6) is 5.75 Å². The fourth-order valence-electron chi connectivity index (χ4n) is 2.28. The van der Waals surface area contributed by atoms with Gasteiger partial charge in [-0.3, -0.25) is 0 Å². The first-order chi connectivity index (χ1) is 9.97. The molecule has 2 heteroatoms. The van der Waals surface area contributed by atoms with Crippen LogP contribution in [0.4, 0.5) is 0 Å². The van der Waals surface area contributed by atoms with E-state index in [2.05, 4.69) is 31.2 Å². The third kappa shape index (κ3) is 4.08. The maximum Gasteiger partial charge on any atom is 0.120 e. The lowest BCUT2D eigenvalue weighted by atomic mass is 9.95. The maximum atomic E-state index is 10.2. The predicted molar refractivity (Wildman–Crippen MR) is 86.5 cm³/mol. The van der Waals surface area contributed by atoms with E-state index in [1.54, 1.807) is 0 Å². The molecule has 0 saturated carbocycles. The Balaban J connectivity index is 2.05. The van der Waals surface area contributed by atoms with Crippen molar-refractivity contribution in [3.8, 4) is 5.75 Å². The average molecular weight is 284 g/mol. The Hall–Kier alpha value is -1.80. The minimum absolute atomic E-state index is 0.211. The first kappa shape index (κ1) is 15.6. The summed E-state index contributed by atoms with van der Waals surface area (Å²) in [5.74, 6) is 1.05. The molecule has 0 heterocycles. The summed E-state index contributed by atoms with van der Waals surface area (Å²) in [4.78, 5) is 0. The zero-order valence-electron chi connectivity index (χ0n) is 13.3. The zero-order valence-corrected chi connectivity index (χ0v) is 13.3. The quantitative estimate of drug-likeness (QED) is 0.871. The molecule has 2 rings (SSSR count). The van der Waals surface area contributed by atoms with Crippen LogP contribution in [0.1, 0.15) is 42.2 Å². The van der Waals surface area contributed by atoms with E-state index in [-0.39, 0.29) is 5.92 Å². The molecule has 0 aliphatic heterocycles. The molecule has 0 saturated heterocycles. The SMILES string of the molecule is Cc1ccc(COc2ccc(C(O)C(C)C)c(C)c2)cc1. The van der Waals surface area contributed by atoms with E-state index in [1.807, 2.05) is 39.0 Å². The average Bonchev–Trinajstić information content (AvgIpc) is 2.46. The van der Waals surface area contributed by atoms with Gasteiger partial charge in [0, 0.05) is 0 Å². The highest BCUT2D eigenvalue weighted by molar-refractivity contribution is 5.36. The van der Waals surface area contributed by atoms with Crippen molar-refractivity contribution in [1.29, 1.82) is 0 Å². The number of ether oxygens (including phenoxy) is 1. The van der Waals surface area contributed by atoms with Crippen LogP contribution in [0.3, 0.4) is 0 Å². The minimum atomic E-state index is -0.420. The van der Waals surface area contributed by atoms with Crippen LogP contribution in [0.15, 0.2) is 42.5 Å². The van der Waals surface area contributed by atoms with Crippen molar-refractivity contribution in [2.45, 2.75) is 40.4 Å². The molecule has 1 atom stereocenters. The number of aliphatic hydroxyl groups excluding tert-OH is 1. The van der Waals surface area contributed by atoms with Gasteiger partial charge in [0.05, 0.1) is 6.10 Å². The standard InChI is InChI=1S/C19H24O2/c1-13(2)19(20)18-10-9-17(11-15(18)4)21-12-16-7-5-14(3)6-8-16/h5-11,13,19-20H,12H2,1-4H3. The van der Waals surface area contributed by atoms with Gasteiger partial charge in [-0.2, -0.15) is 0 Å². The molecule has 0 amide bonds. The molecular weight excluding hydrogens is 260 g/mol. The molecule has 21 heavy (non-hydrogen) atoms. The van der Waals surface area contributed by atoms with Crippen LogP contribution < -0.4 is 4.74 Å². The van der Waals surface area contributed by atoms with Crippen molar-refractivity contribution >= 4 is 0 Å². The molecule has 112 valence electrons. The van der Waals surface area contributed by atoms with Gasteiger partial charge in [0.25, 0.3) is 0 Å². The summed E-state index contributed by atoms with van der Waals surface area (Å²) >= 11 is 0. The van der Waals surface area contributed by atoms with Gasteiger partial charge in [-0.1, -0.05) is 49.7 Å². The van der Waals surface area contributed by atoms with E-state index >= 15 is 0 Å². The molecule has 0 aliphatic rings. The van der Waals surface area contributed by atoms with Crippen molar-refractivity contribution < 1.29 is 9.84 Å². The summed E-state index contributed by atoms with van der Waals surface area (Å²) in [6.45, 7) is 8.69. The number of hydrogen-bond donors (Lipinski definition) is 1. The second kappa shape index (κ2) is 6.77. The summed E-state index contributed by atoms with van der Waals surface area (Å²) in [5.41, 5.74) is 4.46. The van der Waals surface area contributed by atoms with Crippen LogP contribution in [0.2, 0.25) is 0 Å². The number of aryl methyl sites for hydroxylation is 2. The highest BCUT2D eigenvalue weighted by atomic mass is 16.5. The van der Waals surface area contributed by atoms with Gasteiger partial charge in [-0.15, -0.1) is 0 Å². The van der Waals surface area contributed by atoms with E-state index in [1.165, 1.54) is 5.56 Å². The highest BCUT2D eigenvalue weighted by Crippen LogP contribution is 2.27. The van der Waals surface area contributed by atoms with E-state index < -0.39 is 6.10 Å². The van der Waals surface area contributed by atoms with Gasteiger partial charge in [-0.05, 0) is 48.6 Å². The lowest BCUT2D eigenvalue weighted by Gasteiger charge is -2.18. The molecule has 2 aromatic rings. The first-order valence-corrected chi connectivity index (χ1v) is 7.44. The topological polar surface area (TPSA) is 29.5 Å². The fraction of sp³-hybridized carbons (Fsp3) is 0.368.